The fraction of sp³-hybridized carbons (Fsp3) is 0.645. The van der Waals surface area contributed by atoms with Crippen LogP contribution in [0.1, 0.15) is 64.9 Å². The average Bonchev–Trinajstić information content (AvgIpc) is 2.94. The van der Waals surface area contributed by atoms with Gasteiger partial charge in [-0.15, -0.1) is 0 Å². The Kier molecular flexibility index (Phi) is 12.3. The molecular formula is C31H48N6O5. The molecule has 232 valence electrons. The summed E-state index contributed by atoms with van der Waals surface area (Å²) in [5, 5.41) is 8.35. The van der Waals surface area contributed by atoms with Crippen LogP contribution in [0.15, 0.2) is 30.3 Å². The van der Waals surface area contributed by atoms with E-state index in [2.05, 4.69) is 16.0 Å². The van der Waals surface area contributed by atoms with Crippen molar-refractivity contribution in [3.63, 3.8) is 0 Å². The van der Waals surface area contributed by atoms with E-state index in [9.17, 15) is 24.0 Å². The number of carbonyl (C=O) groups is 5. The lowest BCUT2D eigenvalue weighted by Crippen LogP contribution is -2.63. The van der Waals surface area contributed by atoms with E-state index in [4.69, 9.17) is 5.73 Å². The molecule has 11 heteroatoms. The van der Waals surface area contributed by atoms with Crippen molar-refractivity contribution in [2.24, 2.45) is 17.1 Å². The first-order chi connectivity index (χ1) is 20.1. The van der Waals surface area contributed by atoms with Gasteiger partial charge in [0.1, 0.15) is 18.1 Å². The summed E-state index contributed by atoms with van der Waals surface area (Å²) in [4.78, 5) is 67.1. The lowest BCUT2D eigenvalue weighted by molar-refractivity contribution is -0.149. The molecule has 2 unspecified atom stereocenters. The Morgan fingerprint density at radius 3 is 2.12 bits per heavy atom. The van der Waals surface area contributed by atoms with Crippen molar-refractivity contribution < 1.29 is 24.0 Å². The molecule has 0 bridgehead atoms. The molecule has 3 atom stereocenters. The first kappa shape index (κ1) is 33.0. The Labute approximate surface area is 249 Å². The highest BCUT2D eigenvalue weighted by Crippen LogP contribution is 2.40. The highest BCUT2D eigenvalue weighted by atomic mass is 16.2. The number of hydrogen-bond donors (Lipinski definition) is 4. The Morgan fingerprint density at radius 1 is 0.929 bits per heavy atom. The van der Waals surface area contributed by atoms with Gasteiger partial charge in [-0.1, -0.05) is 44.2 Å². The first-order valence-electron chi connectivity index (χ1n) is 15.2. The van der Waals surface area contributed by atoms with Gasteiger partial charge in [0.25, 0.3) is 0 Å². The number of likely N-dealkylation sites (tertiary alicyclic amines) is 2. The van der Waals surface area contributed by atoms with Crippen molar-refractivity contribution in [2.75, 3.05) is 32.7 Å². The summed E-state index contributed by atoms with van der Waals surface area (Å²) in [7, 11) is 0. The molecule has 3 rings (SSSR count). The summed E-state index contributed by atoms with van der Waals surface area (Å²) < 4.78 is 0. The second-order valence-electron chi connectivity index (χ2n) is 12.3. The molecular weight excluding hydrogens is 536 g/mol. The van der Waals surface area contributed by atoms with Crippen LogP contribution in [0.4, 0.5) is 0 Å². The highest BCUT2D eigenvalue weighted by Gasteiger charge is 2.47. The number of carbonyl (C=O) groups excluding carboxylic acids is 5. The van der Waals surface area contributed by atoms with E-state index < -0.39 is 29.9 Å². The molecule has 0 aliphatic carbocycles. The SMILES string of the molecule is CC(=O)N1CC2(CCN(C(=O)C(CCCCN)NC(=O)[C@@H](CC(C)C)NC(=O)C(Cc3ccccc3)NC=O)CC2)C1. The summed E-state index contributed by atoms with van der Waals surface area (Å²) >= 11 is 0. The van der Waals surface area contributed by atoms with Crippen molar-refractivity contribution in [1.82, 2.24) is 25.8 Å². The number of unbranched alkanes of at least 4 members (excludes halogenated alkanes) is 1. The number of rotatable bonds is 15. The molecule has 0 saturated carbocycles. The van der Waals surface area contributed by atoms with Crippen LogP contribution in [0.5, 0.6) is 0 Å². The standard InChI is InChI=1S/C31H48N6O5/c1-22(2)17-27(35-28(40)26(33-21-38)18-24-9-5-4-6-10-24)29(41)34-25(11-7-8-14-32)30(42)36-15-12-31(13-16-36)19-37(20-31)23(3)39/h4-6,9-10,21-22,25-27H,7-8,11-20,32H2,1-3H3,(H,33,38)(H,34,41)(H,35,40)/t25?,26?,27-/m1/s1. The minimum atomic E-state index is -0.869. The zero-order valence-corrected chi connectivity index (χ0v) is 25.3. The molecule has 0 aromatic heterocycles. The lowest BCUT2D eigenvalue weighted by Gasteiger charge is -2.54. The third-order valence-electron chi connectivity index (χ3n) is 8.40. The van der Waals surface area contributed by atoms with Crippen molar-refractivity contribution in [3.05, 3.63) is 35.9 Å². The molecule has 2 heterocycles. The Balaban J connectivity index is 1.66. The van der Waals surface area contributed by atoms with Gasteiger partial charge in [-0.05, 0) is 56.6 Å². The molecule has 1 aromatic rings. The monoisotopic (exact) mass is 584 g/mol. The van der Waals surface area contributed by atoms with E-state index in [1.807, 2.05) is 54.0 Å². The fourth-order valence-corrected chi connectivity index (χ4v) is 5.88. The van der Waals surface area contributed by atoms with Crippen LogP contribution >= 0.6 is 0 Å². The number of nitrogens with two attached hydrogens (primary N) is 1. The second kappa shape index (κ2) is 15.7. The lowest BCUT2D eigenvalue weighted by atomic mass is 9.72. The fourth-order valence-electron chi connectivity index (χ4n) is 5.88. The molecule has 5 N–H and O–H groups in total. The smallest absolute Gasteiger partial charge is 0.245 e. The molecule has 2 saturated heterocycles. The summed E-state index contributed by atoms with van der Waals surface area (Å²) in [6.45, 7) is 8.63. The van der Waals surface area contributed by atoms with Crippen LogP contribution in [0.25, 0.3) is 0 Å². The van der Waals surface area contributed by atoms with Crippen LogP contribution in [0, 0.1) is 11.3 Å². The van der Waals surface area contributed by atoms with Crippen molar-refractivity contribution >= 4 is 30.0 Å². The van der Waals surface area contributed by atoms with E-state index >= 15 is 0 Å². The van der Waals surface area contributed by atoms with E-state index in [1.165, 1.54) is 0 Å². The first-order valence-corrected chi connectivity index (χ1v) is 15.2. The summed E-state index contributed by atoms with van der Waals surface area (Å²) in [6.07, 6.45) is 4.65. The quantitative estimate of drug-likeness (QED) is 0.178. The molecule has 11 nitrogen and oxygen atoms in total. The molecule has 42 heavy (non-hydrogen) atoms. The van der Waals surface area contributed by atoms with Crippen LogP contribution < -0.4 is 21.7 Å². The average molecular weight is 585 g/mol. The van der Waals surface area contributed by atoms with Crippen LogP contribution in [-0.4, -0.2) is 90.7 Å². The van der Waals surface area contributed by atoms with Gasteiger partial charge in [0, 0.05) is 44.9 Å². The van der Waals surface area contributed by atoms with Gasteiger partial charge >= 0.3 is 0 Å². The van der Waals surface area contributed by atoms with E-state index in [1.54, 1.807) is 6.92 Å². The molecule has 5 amide bonds. The number of benzene rings is 1. The van der Waals surface area contributed by atoms with Gasteiger partial charge in [0.15, 0.2) is 0 Å². The number of piperidine rings is 1. The normalized spacial score (nSPS) is 18.0. The topological polar surface area (TPSA) is 154 Å². The summed E-state index contributed by atoms with van der Waals surface area (Å²) in [5.41, 5.74) is 6.66. The van der Waals surface area contributed by atoms with Crippen molar-refractivity contribution in [2.45, 2.75) is 83.8 Å². The summed E-state index contributed by atoms with van der Waals surface area (Å²) in [5.74, 6) is -0.832. The zero-order valence-electron chi connectivity index (χ0n) is 25.3. The van der Waals surface area contributed by atoms with Crippen LogP contribution in [0.2, 0.25) is 0 Å². The van der Waals surface area contributed by atoms with E-state index in [-0.39, 0.29) is 29.6 Å². The van der Waals surface area contributed by atoms with E-state index in [0.717, 1.165) is 37.9 Å². The minimum Gasteiger partial charge on any atom is -0.347 e. The third-order valence-corrected chi connectivity index (χ3v) is 8.40. The molecule has 2 fully saturated rings. The zero-order chi connectivity index (χ0) is 30.7. The molecule has 1 aromatic carbocycles. The Hall–Kier alpha value is -3.47. The highest BCUT2D eigenvalue weighted by molar-refractivity contribution is 5.93. The second-order valence-corrected chi connectivity index (χ2v) is 12.3. The molecule has 1 spiro atoms. The number of amides is 5. The molecule has 0 radical (unpaired) electrons. The minimum absolute atomic E-state index is 0.0816. The predicted molar refractivity (Wildman–Crippen MR) is 160 cm³/mol. The van der Waals surface area contributed by atoms with Gasteiger partial charge < -0.3 is 31.5 Å². The maximum absolute atomic E-state index is 13.7. The molecule has 2 aliphatic heterocycles. The largest absolute Gasteiger partial charge is 0.347 e. The maximum atomic E-state index is 13.7. The van der Waals surface area contributed by atoms with E-state index in [0.29, 0.717) is 45.3 Å². The van der Waals surface area contributed by atoms with Gasteiger partial charge in [-0.2, -0.15) is 0 Å². The van der Waals surface area contributed by atoms with Gasteiger partial charge in [0.05, 0.1) is 0 Å². The van der Waals surface area contributed by atoms with Crippen LogP contribution in [-0.2, 0) is 30.4 Å². The van der Waals surface area contributed by atoms with Gasteiger partial charge in [0.2, 0.25) is 30.0 Å². The van der Waals surface area contributed by atoms with Gasteiger partial charge in [-0.25, -0.2) is 0 Å². The van der Waals surface area contributed by atoms with Gasteiger partial charge in [-0.3, -0.25) is 24.0 Å². The number of hydrogen-bond acceptors (Lipinski definition) is 6. The van der Waals surface area contributed by atoms with Crippen molar-refractivity contribution in [1.29, 1.82) is 0 Å². The Morgan fingerprint density at radius 2 is 1.55 bits per heavy atom. The number of nitrogens with one attached hydrogen (secondary N) is 3. The Bertz CT molecular complexity index is 1060. The maximum Gasteiger partial charge on any atom is 0.245 e. The third kappa shape index (κ3) is 9.27. The predicted octanol–water partition coefficient (Wildman–Crippen LogP) is 0.959. The summed E-state index contributed by atoms with van der Waals surface area (Å²) in [6, 6.07) is 6.88. The van der Waals surface area contributed by atoms with Crippen molar-refractivity contribution in [3.8, 4) is 0 Å². The molecule has 2 aliphatic rings. The van der Waals surface area contributed by atoms with Crippen LogP contribution in [0.3, 0.4) is 0 Å². The number of nitrogens with zero attached hydrogens (tertiary/aromatic N) is 2.